The van der Waals surface area contributed by atoms with Crippen molar-refractivity contribution in [1.82, 2.24) is 19.9 Å². The van der Waals surface area contributed by atoms with Crippen molar-refractivity contribution in [2.24, 2.45) is 0 Å². The Kier molecular flexibility index (Phi) is 6.61. The number of para-hydroxylation sites is 1. The Hall–Kier alpha value is -3.89. The number of hydrogen-bond donors (Lipinski definition) is 1. The van der Waals surface area contributed by atoms with Gasteiger partial charge in [-0.25, -0.2) is 4.98 Å². The molecule has 7 heteroatoms. The van der Waals surface area contributed by atoms with Crippen LogP contribution in [0.15, 0.2) is 60.9 Å². The first kappa shape index (κ1) is 24.8. The standard InChI is InChI=1S/C30H32N4O2Si/c1-20(2)36-27-13-11-21(18-32-27)25-12-10-22(19-31-25)30-29-24(23-8-6-7-9-26(23)33-29)14-16-34(30)28(35)15-17-37(3,4)5/h6-13,18-20,30,33H,14,16H2,1-5H3. The van der Waals surface area contributed by atoms with E-state index in [1.54, 1.807) is 6.20 Å². The van der Waals surface area contributed by atoms with E-state index in [1.165, 1.54) is 10.9 Å². The first-order valence-corrected chi connectivity index (χ1v) is 16.2. The zero-order valence-corrected chi connectivity index (χ0v) is 23.0. The molecule has 0 fully saturated rings. The summed E-state index contributed by atoms with van der Waals surface area (Å²) >= 11 is 0. The Morgan fingerprint density at radius 3 is 2.57 bits per heavy atom. The highest BCUT2D eigenvalue weighted by atomic mass is 28.3. The molecule has 0 saturated heterocycles. The summed E-state index contributed by atoms with van der Waals surface area (Å²) < 4.78 is 5.66. The van der Waals surface area contributed by atoms with Crippen LogP contribution in [0.2, 0.25) is 19.6 Å². The van der Waals surface area contributed by atoms with E-state index in [4.69, 9.17) is 9.72 Å². The normalized spacial score (nSPS) is 15.3. The summed E-state index contributed by atoms with van der Waals surface area (Å²) in [6, 6.07) is 15.9. The lowest BCUT2D eigenvalue weighted by atomic mass is 9.93. The maximum absolute atomic E-state index is 13.4. The number of benzene rings is 1. The summed E-state index contributed by atoms with van der Waals surface area (Å²) in [4.78, 5) is 28.0. The zero-order valence-electron chi connectivity index (χ0n) is 22.0. The molecule has 0 bridgehead atoms. The van der Waals surface area contributed by atoms with E-state index in [-0.39, 0.29) is 18.1 Å². The van der Waals surface area contributed by atoms with Crippen LogP contribution in [0.5, 0.6) is 5.88 Å². The Balaban J connectivity index is 1.52. The number of aromatic amines is 1. The molecular weight excluding hydrogens is 476 g/mol. The molecule has 4 heterocycles. The van der Waals surface area contributed by atoms with Gasteiger partial charge < -0.3 is 14.6 Å². The molecule has 1 N–H and O–H groups in total. The second kappa shape index (κ2) is 9.87. The molecular formula is C30H32N4O2Si. The van der Waals surface area contributed by atoms with Crippen LogP contribution in [0.25, 0.3) is 22.2 Å². The summed E-state index contributed by atoms with van der Waals surface area (Å²) in [5.41, 5.74) is 9.31. The number of nitrogens with one attached hydrogen (secondary N) is 1. The summed E-state index contributed by atoms with van der Waals surface area (Å²) in [6.07, 6.45) is 4.50. The van der Waals surface area contributed by atoms with E-state index in [2.05, 4.69) is 65.3 Å². The lowest BCUT2D eigenvalue weighted by Crippen LogP contribution is -2.40. The van der Waals surface area contributed by atoms with Crippen molar-refractivity contribution in [2.75, 3.05) is 6.54 Å². The lowest BCUT2D eigenvalue weighted by molar-refractivity contribution is -0.127. The molecule has 6 nitrogen and oxygen atoms in total. The number of aromatic nitrogens is 3. The molecule has 37 heavy (non-hydrogen) atoms. The molecule has 0 saturated carbocycles. The number of rotatable bonds is 4. The van der Waals surface area contributed by atoms with E-state index in [0.29, 0.717) is 12.4 Å². The summed E-state index contributed by atoms with van der Waals surface area (Å²) in [7, 11) is -1.68. The van der Waals surface area contributed by atoms with Crippen LogP contribution in [0.4, 0.5) is 0 Å². The third kappa shape index (κ3) is 5.30. The number of hydrogen-bond acceptors (Lipinski definition) is 4. The van der Waals surface area contributed by atoms with E-state index >= 15 is 0 Å². The topological polar surface area (TPSA) is 71.1 Å². The van der Waals surface area contributed by atoms with Gasteiger partial charge in [0.05, 0.1) is 17.8 Å². The highest BCUT2D eigenvalue weighted by Crippen LogP contribution is 2.38. The third-order valence-corrected chi connectivity index (χ3v) is 7.21. The minimum atomic E-state index is -1.68. The van der Waals surface area contributed by atoms with Gasteiger partial charge in [0.15, 0.2) is 0 Å². The van der Waals surface area contributed by atoms with Gasteiger partial charge in [-0.2, -0.15) is 0 Å². The number of carbonyl (C=O) groups is 1. The van der Waals surface area contributed by atoms with Crippen LogP contribution in [-0.4, -0.2) is 46.5 Å². The number of nitrogens with zero attached hydrogens (tertiary/aromatic N) is 3. The monoisotopic (exact) mass is 508 g/mol. The van der Waals surface area contributed by atoms with Crippen LogP contribution >= 0.6 is 0 Å². The number of fused-ring (bicyclic) bond motifs is 3. The van der Waals surface area contributed by atoms with Gasteiger partial charge in [0.25, 0.3) is 5.91 Å². The molecule has 0 aliphatic carbocycles. The molecule has 0 spiro atoms. The average molecular weight is 509 g/mol. The molecule has 1 unspecified atom stereocenters. The zero-order chi connectivity index (χ0) is 26.2. The highest BCUT2D eigenvalue weighted by molar-refractivity contribution is 6.84. The molecule has 5 rings (SSSR count). The molecule has 4 aromatic rings. The predicted octanol–water partition coefficient (Wildman–Crippen LogP) is 5.77. The van der Waals surface area contributed by atoms with E-state index < -0.39 is 8.07 Å². The number of carbonyl (C=O) groups excluding carboxylic acids is 1. The molecule has 1 atom stereocenters. The number of amides is 1. The van der Waals surface area contributed by atoms with Crippen LogP contribution in [0.3, 0.4) is 0 Å². The van der Waals surface area contributed by atoms with Gasteiger partial charge >= 0.3 is 0 Å². The van der Waals surface area contributed by atoms with Crippen LogP contribution < -0.4 is 4.74 Å². The lowest BCUT2D eigenvalue weighted by Gasteiger charge is -2.35. The maximum atomic E-state index is 13.4. The van der Waals surface area contributed by atoms with Gasteiger partial charge in [0.2, 0.25) is 5.88 Å². The minimum absolute atomic E-state index is 0.0712. The third-order valence-electron chi connectivity index (χ3n) is 6.33. The van der Waals surface area contributed by atoms with Gasteiger partial charge in [-0.05, 0) is 55.5 Å². The van der Waals surface area contributed by atoms with Crippen molar-refractivity contribution in [1.29, 1.82) is 0 Å². The van der Waals surface area contributed by atoms with Gasteiger partial charge in [-0.1, -0.05) is 43.9 Å². The van der Waals surface area contributed by atoms with Crippen LogP contribution in [0.1, 0.15) is 36.7 Å². The molecule has 3 aromatic heterocycles. The van der Waals surface area contributed by atoms with Crippen molar-refractivity contribution in [3.8, 4) is 28.6 Å². The molecule has 1 amide bonds. The Morgan fingerprint density at radius 2 is 1.89 bits per heavy atom. The van der Waals surface area contributed by atoms with Gasteiger partial charge in [-0.15, -0.1) is 5.54 Å². The van der Waals surface area contributed by atoms with E-state index in [0.717, 1.165) is 34.5 Å². The quantitative estimate of drug-likeness (QED) is 0.281. The first-order valence-electron chi connectivity index (χ1n) is 12.7. The average Bonchev–Trinajstić information content (AvgIpc) is 3.25. The first-order chi connectivity index (χ1) is 17.7. The largest absolute Gasteiger partial charge is 0.475 e. The molecule has 1 aromatic carbocycles. The fraction of sp³-hybridized carbons (Fsp3) is 0.300. The van der Waals surface area contributed by atoms with Crippen LogP contribution in [-0.2, 0) is 11.2 Å². The van der Waals surface area contributed by atoms with Crippen molar-refractivity contribution >= 4 is 24.9 Å². The second-order valence-corrected chi connectivity index (χ2v) is 15.5. The number of pyridine rings is 2. The fourth-order valence-corrected chi connectivity index (χ4v) is 5.18. The summed E-state index contributed by atoms with van der Waals surface area (Å²) in [5.74, 6) is 3.42. The highest BCUT2D eigenvalue weighted by Gasteiger charge is 2.34. The van der Waals surface area contributed by atoms with Gasteiger partial charge in [0.1, 0.15) is 8.07 Å². The Bertz CT molecular complexity index is 1490. The summed E-state index contributed by atoms with van der Waals surface area (Å²) in [5, 5.41) is 1.21. The predicted molar refractivity (Wildman–Crippen MR) is 150 cm³/mol. The maximum Gasteiger partial charge on any atom is 0.298 e. The van der Waals surface area contributed by atoms with Crippen LogP contribution in [0, 0.1) is 11.5 Å². The molecule has 1 aliphatic heterocycles. The smallest absolute Gasteiger partial charge is 0.298 e. The molecule has 188 valence electrons. The Morgan fingerprint density at radius 1 is 1.08 bits per heavy atom. The van der Waals surface area contributed by atoms with Crippen molar-refractivity contribution in [3.05, 3.63) is 77.7 Å². The SMILES string of the molecule is CC(C)Oc1ccc(-c2ccc(C3c4[nH]c5ccccc5c4CCN3C(=O)C#C[Si](C)(C)C)cn2)cn1. The minimum Gasteiger partial charge on any atom is -0.475 e. The van der Waals surface area contributed by atoms with Gasteiger partial charge in [-0.3, -0.25) is 9.78 Å². The van der Waals surface area contributed by atoms with Gasteiger partial charge in [0, 0.05) is 47.2 Å². The fourth-order valence-electron chi connectivity index (χ4n) is 4.70. The van der Waals surface area contributed by atoms with E-state index in [1.807, 2.05) is 49.2 Å². The molecule has 1 aliphatic rings. The number of ether oxygens (including phenoxy) is 1. The van der Waals surface area contributed by atoms with Crippen molar-refractivity contribution in [2.45, 2.75) is 52.1 Å². The Labute approximate surface area is 219 Å². The van der Waals surface area contributed by atoms with Crippen molar-refractivity contribution < 1.29 is 9.53 Å². The second-order valence-electron chi connectivity index (χ2n) is 10.7. The number of H-pyrrole nitrogens is 1. The van der Waals surface area contributed by atoms with E-state index in [9.17, 15) is 4.79 Å². The summed E-state index contributed by atoms with van der Waals surface area (Å²) in [6.45, 7) is 11.0. The van der Waals surface area contributed by atoms with Crippen molar-refractivity contribution in [3.63, 3.8) is 0 Å². The molecule has 0 radical (unpaired) electrons.